The third-order valence-corrected chi connectivity index (χ3v) is 5.22. The summed E-state index contributed by atoms with van der Waals surface area (Å²) in [5.74, 6) is 1.21. The fourth-order valence-electron chi connectivity index (χ4n) is 3.57. The molecule has 0 bridgehead atoms. The van der Waals surface area contributed by atoms with E-state index in [0.29, 0.717) is 17.3 Å². The largest absolute Gasteiger partial charge is 0.490 e. The normalized spacial score (nSPS) is 12.0. The number of benzene rings is 2. The van der Waals surface area contributed by atoms with Crippen molar-refractivity contribution in [3.05, 3.63) is 79.3 Å². The molecule has 2 amide bonds. The average molecular weight is 446 g/mol. The van der Waals surface area contributed by atoms with Gasteiger partial charge in [0.2, 0.25) is 0 Å². The Morgan fingerprint density at radius 1 is 1.09 bits per heavy atom. The number of amides is 2. The number of aliphatic hydroxyl groups is 1. The molecule has 170 valence electrons. The Labute approximate surface area is 192 Å². The number of pyridine rings is 1. The van der Waals surface area contributed by atoms with Crippen molar-refractivity contribution in [3.8, 4) is 11.6 Å². The molecule has 0 fully saturated rings. The molecule has 8 heteroatoms. The molecule has 2 N–H and O–H groups in total. The van der Waals surface area contributed by atoms with E-state index in [4.69, 9.17) is 4.74 Å². The second-order valence-electron chi connectivity index (χ2n) is 7.94. The predicted octanol–water partition coefficient (Wildman–Crippen LogP) is 4.10. The summed E-state index contributed by atoms with van der Waals surface area (Å²) in [6, 6.07) is 18.5. The van der Waals surface area contributed by atoms with Gasteiger partial charge in [0.25, 0.3) is 0 Å². The zero-order valence-corrected chi connectivity index (χ0v) is 18.6. The first-order valence-electron chi connectivity index (χ1n) is 10.8. The summed E-state index contributed by atoms with van der Waals surface area (Å²) in [5.41, 5.74) is 0.526. The van der Waals surface area contributed by atoms with E-state index >= 15 is 0 Å². The highest BCUT2D eigenvalue weighted by Gasteiger charge is 2.22. The van der Waals surface area contributed by atoms with Gasteiger partial charge in [-0.25, -0.2) is 14.5 Å². The Morgan fingerprint density at radius 3 is 2.70 bits per heavy atom. The number of hydrogen-bond donors (Lipinski definition) is 2. The molecule has 0 radical (unpaired) electrons. The van der Waals surface area contributed by atoms with Crippen LogP contribution < -0.4 is 10.1 Å². The van der Waals surface area contributed by atoms with Crippen molar-refractivity contribution in [1.82, 2.24) is 19.7 Å². The van der Waals surface area contributed by atoms with Crippen LogP contribution in [0.15, 0.2) is 79.3 Å². The molecule has 0 spiro atoms. The molecular weight excluding hydrogens is 418 g/mol. The van der Waals surface area contributed by atoms with Crippen molar-refractivity contribution < 1.29 is 14.6 Å². The molecular formula is C25H27N5O3. The van der Waals surface area contributed by atoms with Gasteiger partial charge in [0.1, 0.15) is 18.5 Å². The Bertz CT molecular complexity index is 1200. The maximum absolute atomic E-state index is 13.1. The standard InChI is InChI=1S/C25H27N5O3/c1-18(2)29(25(32)28-22-11-6-13-26-24(22)30-15-7-14-27-30)16-20(31)17-33-23-12-5-9-19-8-3-4-10-21(19)23/h3-15,18,20,31H,16-17H2,1-2H3,(H,28,32). The second kappa shape index (κ2) is 10.1. The fourth-order valence-corrected chi connectivity index (χ4v) is 3.57. The number of rotatable bonds is 8. The summed E-state index contributed by atoms with van der Waals surface area (Å²) < 4.78 is 7.48. The molecule has 2 heterocycles. The van der Waals surface area contributed by atoms with Gasteiger partial charge in [0.15, 0.2) is 5.82 Å². The lowest BCUT2D eigenvalue weighted by Crippen LogP contribution is -2.45. The van der Waals surface area contributed by atoms with E-state index in [0.717, 1.165) is 10.8 Å². The molecule has 1 unspecified atom stereocenters. The Balaban J connectivity index is 1.42. The average Bonchev–Trinajstić information content (AvgIpc) is 3.36. The quantitative estimate of drug-likeness (QED) is 0.426. The maximum Gasteiger partial charge on any atom is 0.322 e. The van der Waals surface area contributed by atoms with E-state index in [9.17, 15) is 9.90 Å². The first-order valence-corrected chi connectivity index (χ1v) is 10.8. The second-order valence-corrected chi connectivity index (χ2v) is 7.94. The third kappa shape index (κ3) is 5.30. The number of fused-ring (bicyclic) bond motifs is 1. The van der Waals surface area contributed by atoms with Gasteiger partial charge in [-0.05, 0) is 43.5 Å². The molecule has 1 atom stereocenters. The van der Waals surface area contributed by atoms with Crippen molar-refractivity contribution in [2.75, 3.05) is 18.5 Å². The SMILES string of the molecule is CC(C)N(CC(O)COc1cccc2ccccc12)C(=O)Nc1cccnc1-n1cccn1. The van der Waals surface area contributed by atoms with E-state index < -0.39 is 6.10 Å². The van der Waals surface area contributed by atoms with Gasteiger partial charge < -0.3 is 20.1 Å². The highest BCUT2D eigenvalue weighted by molar-refractivity contribution is 5.91. The molecule has 0 aliphatic carbocycles. The number of carbonyl (C=O) groups is 1. The van der Waals surface area contributed by atoms with E-state index in [-0.39, 0.29) is 25.2 Å². The molecule has 0 saturated heterocycles. The molecule has 0 saturated carbocycles. The topological polar surface area (TPSA) is 92.5 Å². The van der Waals surface area contributed by atoms with Crippen LogP contribution in [-0.2, 0) is 0 Å². The van der Waals surface area contributed by atoms with Crippen molar-refractivity contribution in [1.29, 1.82) is 0 Å². The Kier molecular flexibility index (Phi) is 6.85. The van der Waals surface area contributed by atoms with E-state index in [1.807, 2.05) is 56.3 Å². The van der Waals surface area contributed by atoms with Crippen molar-refractivity contribution >= 4 is 22.5 Å². The molecule has 8 nitrogen and oxygen atoms in total. The maximum atomic E-state index is 13.1. The third-order valence-electron chi connectivity index (χ3n) is 5.22. The lowest BCUT2D eigenvalue weighted by atomic mass is 10.1. The van der Waals surface area contributed by atoms with Crippen LogP contribution in [0.4, 0.5) is 10.5 Å². The molecule has 2 aromatic heterocycles. The molecule has 4 rings (SSSR count). The number of nitrogens with one attached hydrogen (secondary N) is 1. The molecule has 2 aromatic carbocycles. The zero-order chi connectivity index (χ0) is 23.2. The number of aromatic nitrogens is 3. The van der Waals surface area contributed by atoms with Gasteiger partial charge in [0.05, 0.1) is 12.2 Å². The van der Waals surface area contributed by atoms with Crippen LogP contribution in [0.3, 0.4) is 0 Å². The van der Waals surface area contributed by atoms with Gasteiger partial charge in [-0.3, -0.25) is 0 Å². The number of hydrogen-bond acceptors (Lipinski definition) is 5. The summed E-state index contributed by atoms with van der Waals surface area (Å²) in [7, 11) is 0. The zero-order valence-electron chi connectivity index (χ0n) is 18.6. The smallest absolute Gasteiger partial charge is 0.322 e. The van der Waals surface area contributed by atoms with Crippen LogP contribution in [0.1, 0.15) is 13.8 Å². The first kappa shape index (κ1) is 22.3. The Morgan fingerprint density at radius 2 is 1.91 bits per heavy atom. The number of urea groups is 1. The number of carbonyl (C=O) groups excluding carboxylic acids is 1. The van der Waals surface area contributed by atoms with Gasteiger partial charge in [-0.1, -0.05) is 36.4 Å². The van der Waals surface area contributed by atoms with Crippen molar-refractivity contribution in [2.45, 2.75) is 26.0 Å². The number of nitrogens with zero attached hydrogens (tertiary/aromatic N) is 4. The van der Waals surface area contributed by atoms with Crippen LogP contribution >= 0.6 is 0 Å². The minimum absolute atomic E-state index is 0.0654. The minimum atomic E-state index is -0.864. The van der Waals surface area contributed by atoms with E-state index in [1.54, 1.807) is 46.4 Å². The molecule has 33 heavy (non-hydrogen) atoms. The van der Waals surface area contributed by atoms with Crippen molar-refractivity contribution in [2.24, 2.45) is 0 Å². The fraction of sp³-hybridized carbons (Fsp3) is 0.240. The summed E-state index contributed by atoms with van der Waals surface area (Å²) in [4.78, 5) is 19.0. The monoisotopic (exact) mass is 445 g/mol. The summed E-state index contributed by atoms with van der Waals surface area (Å²) in [5, 5.41) is 19.8. The lowest BCUT2D eigenvalue weighted by Gasteiger charge is -2.29. The van der Waals surface area contributed by atoms with Gasteiger partial charge in [-0.15, -0.1) is 0 Å². The van der Waals surface area contributed by atoms with Crippen LogP contribution in [0.25, 0.3) is 16.6 Å². The van der Waals surface area contributed by atoms with E-state index in [1.165, 1.54) is 0 Å². The number of aliphatic hydroxyl groups excluding tert-OH is 1. The highest BCUT2D eigenvalue weighted by atomic mass is 16.5. The number of anilines is 1. The summed E-state index contributed by atoms with van der Waals surface area (Å²) in [6.07, 6.45) is 4.18. The molecule has 0 aliphatic heterocycles. The molecule has 0 aliphatic rings. The van der Waals surface area contributed by atoms with Crippen LogP contribution in [0, 0.1) is 0 Å². The lowest BCUT2D eigenvalue weighted by molar-refractivity contribution is 0.0722. The first-order chi connectivity index (χ1) is 16.0. The number of ether oxygens (including phenoxy) is 1. The van der Waals surface area contributed by atoms with Crippen LogP contribution in [0.5, 0.6) is 5.75 Å². The van der Waals surface area contributed by atoms with Gasteiger partial charge in [0, 0.05) is 30.0 Å². The van der Waals surface area contributed by atoms with Crippen LogP contribution in [-0.4, -0.2) is 56.1 Å². The Hall–Kier alpha value is -3.91. The highest BCUT2D eigenvalue weighted by Crippen LogP contribution is 2.25. The summed E-state index contributed by atoms with van der Waals surface area (Å²) in [6.45, 7) is 3.98. The van der Waals surface area contributed by atoms with Gasteiger partial charge in [-0.2, -0.15) is 5.10 Å². The minimum Gasteiger partial charge on any atom is -0.490 e. The summed E-state index contributed by atoms with van der Waals surface area (Å²) >= 11 is 0. The van der Waals surface area contributed by atoms with E-state index in [2.05, 4.69) is 15.4 Å². The van der Waals surface area contributed by atoms with Gasteiger partial charge >= 0.3 is 6.03 Å². The molecule has 4 aromatic rings. The van der Waals surface area contributed by atoms with Crippen LogP contribution in [0.2, 0.25) is 0 Å². The van der Waals surface area contributed by atoms with Crippen molar-refractivity contribution in [3.63, 3.8) is 0 Å². The predicted molar refractivity (Wildman–Crippen MR) is 128 cm³/mol.